The molecule has 0 aromatic heterocycles. The number of hydrogen-bond donors (Lipinski definition) is 1. The molecule has 1 aliphatic heterocycles. The van der Waals surface area contributed by atoms with Crippen LogP contribution < -0.4 is 0 Å². The number of hydrogen-bond acceptors (Lipinski definition) is 5. The van der Waals surface area contributed by atoms with Gasteiger partial charge in [0.2, 0.25) is 5.90 Å². The molecule has 1 aliphatic rings. The minimum Gasteiger partial charge on any atom is -0.469 e. The zero-order valence-corrected chi connectivity index (χ0v) is 12.5. The first-order valence-corrected chi connectivity index (χ1v) is 7.39. The SMILES string of the molecule is O=C(OCc1ccccc1)[C@@H]1N=C(c2ccccc2)O[C@@H]1CO. The highest BCUT2D eigenvalue weighted by Crippen LogP contribution is 2.19. The molecule has 3 rings (SSSR count). The van der Waals surface area contributed by atoms with Crippen LogP contribution in [0.1, 0.15) is 11.1 Å². The molecule has 0 bridgehead atoms. The quantitative estimate of drug-likeness (QED) is 0.857. The lowest BCUT2D eigenvalue weighted by atomic mass is 10.2. The van der Waals surface area contributed by atoms with Gasteiger partial charge in [0.05, 0.1) is 6.61 Å². The molecule has 5 heteroatoms. The summed E-state index contributed by atoms with van der Waals surface area (Å²) in [7, 11) is 0. The van der Waals surface area contributed by atoms with Gasteiger partial charge in [0.1, 0.15) is 6.61 Å². The van der Waals surface area contributed by atoms with Crippen LogP contribution in [0.15, 0.2) is 65.7 Å². The predicted molar refractivity (Wildman–Crippen MR) is 85.0 cm³/mol. The van der Waals surface area contributed by atoms with Gasteiger partial charge in [-0.2, -0.15) is 0 Å². The van der Waals surface area contributed by atoms with E-state index in [-0.39, 0.29) is 13.2 Å². The van der Waals surface area contributed by atoms with E-state index in [0.29, 0.717) is 5.90 Å². The summed E-state index contributed by atoms with van der Waals surface area (Å²) in [5, 5.41) is 9.43. The number of aliphatic hydroxyl groups excluding tert-OH is 1. The zero-order chi connectivity index (χ0) is 16.1. The van der Waals surface area contributed by atoms with E-state index in [1.165, 1.54) is 0 Å². The monoisotopic (exact) mass is 311 g/mol. The van der Waals surface area contributed by atoms with E-state index < -0.39 is 18.1 Å². The lowest BCUT2D eigenvalue weighted by Gasteiger charge is -2.14. The van der Waals surface area contributed by atoms with Gasteiger partial charge in [-0.05, 0) is 17.7 Å². The van der Waals surface area contributed by atoms with Crippen molar-refractivity contribution in [3.63, 3.8) is 0 Å². The van der Waals surface area contributed by atoms with Crippen molar-refractivity contribution in [2.45, 2.75) is 18.8 Å². The van der Waals surface area contributed by atoms with Crippen LogP contribution in [-0.2, 0) is 20.9 Å². The Bertz CT molecular complexity index is 685. The molecule has 0 saturated carbocycles. The maximum absolute atomic E-state index is 12.2. The van der Waals surface area contributed by atoms with Crippen molar-refractivity contribution >= 4 is 11.9 Å². The van der Waals surface area contributed by atoms with Gasteiger partial charge in [0, 0.05) is 5.56 Å². The molecule has 0 amide bonds. The van der Waals surface area contributed by atoms with E-state index in [0.717, 1.165) is 11.1 Å². The smallest absolute Gasteiger partial charge is 0.335 e. The molecular formula is C18H17NO4. The first-order chi connectivity index (χ1) is 11.3. The average molecular weight is 311 g/mol. The third kappa shape index (κ3) is 3.57. The van der Waals surface area contributed by atoms with E-state index in [4.69, 9.17) is 9.47 Å². The molecule has 118 valence electrons. The van der Waals surface area contributed by atoms with Crippen molar-refractivity contribution in [2.24, 2.45) is 4.99 Å². The first-order valence-electron chi connectivity index (χ1n) is 7.39. The van der Waals surface area contributed by atoms with E-state index in [1.54, 1.807) is 0 Å². The number of rotatable bonds is 5. The molecule has 0 unspecified atom stereocenters. The van der Waals surface area contributed by atoms with Crippen molar-refractivity contribution in [2.75, 3.05) is 6.61 Å². The molecule has 1 heterocycles. The fraction of sp³-hybridized carbons (Fsp3) is 0.222. The summed E-state index contributed by atoms with van der Waals surface area (Å²) in [6.07, 6.45) is -0.714. The Morgan fingerprint density at radius 2 is 1.74 bits per heavy atom. The molecule has 0 radical (unpaired) electrons. The number of esters is 1. The predicted octanol–water partition coefficient (Wildman–Crippen LogP) is 1.94. The minimum atomic E-state index is -0.848. The minimum absolute atomic E-state index is 0.171. The van der Waals surface area contributed by atoms with Gasteiger partial charge in [0.15, 0.2) is 12.1 Å². The molecule has 1 N–H and O–H groups in total. The van der Waals surface area contributed by atoms with Gasteiger partial charge < -0.3 is 14.6 Å². The Morgan fingerprint density at radius 3 is 2.39 bits per heavy atom. The van der Waals surface area contributed by atoms with Crippen molar-refractivity contribution in [3.8, 4) is 0 Å². The van der Waals surface area contributed by atoms with Gasteiger partial charge in [-0.15, -0.1) is 0 Å². The maximum Gasteiger partial charge on any atom is 0.335 e. The average Bonchev–Trinajstić information content (AvgIpc) is 3.06. The van der Waals surface area contributed by atoms with Crippen molar-refractivity contribution in [1.29, 1.82) is 0 Å². The fourth-order valence-corrected chi connectivity index (χ4v) is 2.33. The largest absolute Gasteiger partial charge is 0.469 e. The standard InChI is InChI=1S/C18H17NO4/c20-11-15-16(18(21)22-12-13-7-3-1-4-8-13)19-17(23-15)14-9-5-2-6-10-14/h1-10,15-16,20H,11-12H2/t15-,16-/m1/s1. The highest BCUT2D eigenvalue weighted by molar-refractivity contribution is 5.98. The van der Waals surface area contributed by atoms with E-state index in [2.05, 4.69) is 4.99 Å². The summed E-state index contributed by atoms with van der Waals surface area (Å²) in [6, 6.07) is 17.8. The van der Waals surface area contributed by atoms with Crippen LogP contribution in [0.4, 0.5) is 0 Å². The number of aliphatic imine (C=N–C) groups is 1. The number of carbonyl (C=O) groups excluding carboxylic acids is 1. The summed E-state index contributed by atoms with van der Waals surface area (Å²) in [5.41, 5.74) is 1.66. The lowest BCUT2D eigenvalue weighted by Crippen LogP contribution is -2.34. The zero-order valence-electron chi connectivity index (χ0n) is 12.5. The lowest BCUT2D eigenvalue weighted by molar-refractivity contribution is -0.148. The third-order valence-corrected chi connectivity index (χ3v) is 3.54. The molecule has 0 spiro atoms. The van der Waals surface area contributed by atoms with Crippen LogP contribution in [0.2, 0.25) is 0 Å². The van der Waals surface area contributed by atoms with Gasteiger partial charge in [-0.25, -0.2) is 9.79 Å². The molecule has 0 aliphatic carbocycles. The highest BCUT2D eigenvalue weighted by atomic mass is 16.5. The van der Waals surface area contributed by atoms with Gasteiger partial charge >= 0.3 is 5.97 Å². The Balaban J connectivity index is 1.69. The maximum atomic E-state index is 12.2. The summed E-state index contributed by atoms with van der Waals surface area (Å²) >= 11 is 0. The molecule has 2 aromatic rings. The Hall–Kier alpha value is -2.66. The van der Waals surface area contributed by atoms with Crippen LogP contribution in [0.25, 0.3) is 0 Å². The second-order valence-electron chi connectivity index (χ2n) is 5.18. The molecule has 0 saturated heterocycles. The molecule has 0 fully saturated rings. The van der Waals surface area contributed by atoms with Crippen LogP contribution in [0.3, 0.4) is 0 Å². The summed E-state index contributed by atoms with van der Waals surface area (Å²) < 4.78 is 10.9. The Kier molecular flexibility index (Phi) is 4.68. The number of carbonyl (C=O) groups is 1. The normalized spacial score (nSPS) is 19.8. The van der Waals surface area contributed by atoms with E-state index >= 15 is 0 Å². The Labute approximate surface area is 134 Å². The molecule has 23 heavy (non-hydrogen) atoms. The first kappa shape index (κ1) is 15.2. The third-order valence-electron chi connectivity index (χ3n) is 3.54. The molecule has 2 aromatic carbocycles. The van der Waals surface area contributed by atoms with E-state index in [1.807, 2.05) is 60.7 Å². The van der Waals surface area contributed by atoms with Crippen LogP contribution in [0, 0.1) is 0 Å². The second-order valence-corrected chi connectivity index (χ2v) is 5.18. The summed E-state index contributed by atoms with van der Waals surface area (Å²) in [4.78, 5) is 16.5. The van der Waals surface area contributed by atoms with Gasteiger partial charge in [-0.1, -0.05) is 48.5 Å². The van der Waals surface area contributed by atoms with Gasteiger partial charge in [0.25, 0.3) is 0 Å². The van der Waals surface area contributed by atoms with Crippen LogP contribution in [0.5, 0.6) is 0 Å². The topological polar surface area (TPSA) is 68.1 Å². The number of ether oxygens (including phenoxy) is 2. The van der Waals surface area contributed by atoms with Crippen LogP contribution >= 0.6 is 0 Å². The van der Waals surface area contributed by atoms with Crippen molar-refractivity contribution in [3.05, 3.63) is 71.8 Å². The molecule has 2 atom stereocenters. The molecule has 5 nitrogen and oxygen atoms in total. The highest BCUT2D eigenvalue weighted by Gasteiger charge is 2.37. The Morgan fingerprint density at radius 1 is 1.09 bits per heavy atom. The van der Waals surface area contributed by atoms with Crippen LogP contribution in [-0.4, -0.2) is 35.7 Å². The summed E-state index contributed by atoms with van der Waals surface area (Å²) in [6.45, 7) is -0.130. The van der Waals surface area contributed by atoms with Crippen molar-refractivity contribution in [1.82, 2.24) is 0 Å². The van der Waals surface area contributed by atoms with Gasteiger partial charge in [-0.3, -0.25) is 0 Å². The molecular weight excluding hydrogens is 294 g/mol. The summed E-state index contributed by atoms with van der Waals surface area (Å²) in [5.74, 6) is -0.148. The fourth-order valence-electron chi connectivity index (χ4n) is 2.33. The van der Waals surface area contributed by atoms with E-state index in [9.17, 15) is 9.90 Å². The number of benzene rings is 2. The second kappa shape index (κ2) is 7.07. The number of nitrogens with zero attached hydrogens (tertiary/aromatic N) is 1. The number of aliphatic hydroxyl groups is 1. The van der Waals surface area contributed by atoms with Crippen molar-refractivity contribution < 1.29 is 19.4 Å².